The molecule has 0 saturated heterocycles. The Hall–Kier alpha value is -3.50. The predicted octanol–water partition coefficient (Wildman–Crippen LogP) is 5.68. The Morgan fingerprint density at radius 3 is 2.27 bits per heavy atom. The number of anilines is 1. The molecule has 1 unspecified atom stereocenters. The number of nitrogens with one attached hydrogen (secondary N) is 1. The summed E-state index contributed by atoms with van der Waals surface area (Å²) in [6, 6.07) is 15.6. The number of benzene rings is 3. The molecule has 3 aromatic carbocycles. The molecule has 0 aliphatic heterocycles. The maximum Gasteiger partial charge on any atom is 0.264 e. The number of sulfonamides is 1. The van der Waals surface area contributed by atoms with Gasteiger partial charge in [-0.2, -0.15) is 0 Å². The fourth-order valence-electron chi connectivity index (χ4n) is 4.85. The largest absolute Gasteiger partial charge is 0.352 e. The second-order valence-corrected chi connectivity index (χ2v) is 12.3. The lowest BCUT2D eigenvalue weighted by molar-refractivity contribution is -0.139. The van der Waals surface area contributed by atoms with E-state index >= 15 is 0 Å². The fraction of sp³-hybridized carbons (Fsp3) is 0.333. The zero-order valence-electron chi connectivity index (χ0n) is 22.6. The molecule has 7 nitrogen and oxygen atoms in total. The number of nitrogens with zero attached hydrogens (tertiary/aromatic N) is 2. The molecule has 2 amide bonds. The third-order valence-electron chi connectivity index (χ3n) is 7.22. The Morgan fingerprint density at radius 2 is 1.61 bits per heavy atom. The van der Waals surface area contributed by atoms with Crippen molar-refractivity contribution in [2.75, 3.05) is 10.8 Å². The quantitative estimate of drug-likeness (QED) is 0.323. The molecule has 41 heavy (non-hydrogen) atoms. The molecule has 11 heteroatoms. The third kappa shape index (κ3) is 7.42. The van der Waals surface area contributed by atoms with Crippen LogP contribution >= 0.6 is 11.6 Å². The van der Waals surface area contributed by atoms with E-state index in [1.54, 1.807) is 12.1 Å². The molecule has 0 spiro atoms. The van der Waals surface area contributed by atoms with Crippen LogP contribution in [-0.4, -0.2) is 43.8 Å². The van der Waals surface area contributed by atoms with Crippen molar-refractivity contribution < 1.29 is 26.8 Å². The molecule has 1 aliphatic carbocycles. The summed E-state index contributed by atoms with van der Waals surface area (Å²) >= 11 is 5.98. The monoisotopic (exact) mass is 603 g/mol. The molecule has 0 aromatic heterocycles. The standard InChI is InChI=1S/C30H32ClF2N3O4S/c1-21(30(38)34-23-11-4-2-5-12-23)35(19-22-10-8-9-15-27(22)32)29(37)20-36(24-16-17-28(33)26(31)18-24)41(39,40)25-13-6-3-7-14-25/h3,6-10,13-18,21,23H,2,4-5,11-12,19-20H2,1H3,(H,34,38). The molecule has 1 fully saturated rings. The van der Waals surface area contributed by atoms with E-state index in [4.69, 9.17) is 11.6 Å². The molecule has 0 radical (unpaired) electrons. The van der Waals surface area contributed by atoms with Gasteiger partial charge in [0, 0.05) is 18.2 Å². The van der Waals surface area contributed by atoms with Gasteiger partial charge in [0.05, 0.1) is 15.6 Å². The molecule has 0 bridgehead atoms. The maximum atomic E-state index is 14.7. The van der Waals surface area contributed by atoms with Crippen LogP contribution in [0.3, 0.4) is 0 Å². The highest BCUT2D eigenvalue weighted by molar-refractivity contribution is 7.92. The number of hydrogen-bond acceptors (Lipinski definition) is 4. The van der Waals surface area contributed by atoms with Crippen LogP contribution < -0.4 is 9.62 Å². The van der Waals surface area contributed by atoms with Gasteiger partial charge in [0.15, 0.2) is 0 Å². The minimum atomic E-state index is -4.33. The van der Waals surface area contributed by atoms with E-state index in [1.165, 1.54) is 55.5 Å². The van der Waals surface area contributed by atoms with Gasteiger partial charge in [0.2, 0.25) is 11.8 Å². The molecule has 0 heterocycles. The Balaban J connectivity index is 1.69. The van der Waals surface area contributed by atoms with Crippen molar-refractivity contribution in [2.24, 2.45) is 0 Å². The average Bonchev–Trinajstić information content (AvgIpc) is 2.97. The normalized spacial score (nSPS) is 14.7. The summed E-state index contributed by atoms with van der Waals surface area (Å²) in [5.74, 6) is -2.49. The topological polar surface area (TPSA) is 86.8 Å². The number of halogens is 3. The van der Waals surface area contributed by atoms with Crippen molar-refractivity contribution in [3.05, 3.63) is 95.0 Å². The second kappa shape index (κ2) is 13.4. The van der Waals surface area contributed by atoms with Crippen LogP contribution in [-0.2, 0) is 26.2 Å². The van der Waals surface area contributed by atoms with E-state index in [-0.39, 0.29) is 33.8 Å². The van der Waals surface area contributed by atoms with Crippen molar-refractivity contribution in [2.45, 2.75) is 62.6 Å². The van der Waals surface area contributed by atoms with E-state index in [0.29, 0.717) is 0 Å². The highest BCUT2D eigenvalue weighted by atomic mass is 35.5. The molecular formula is C30H32ClF2N3O4S. The zero-order valence-corrected chi connectivity index (χ0v) is 24.2. The minimum Gasteiger partial charge on any atom is -0.352 e. The third-order valence-corrected chi connectivity index (χ3v) is 9.30. The first-order valence-electron chi connectivity index (χ1n) is 13.4. The van der Waals surface area contributed by atoms with Gasteiger partial charge >= 0.3 is 0 Å². The smallest absolute Gasteiger partial charge is 0.264 e. The molecular weight excluding hydrogens is 572 g/mol. The summed E-state index contributed by atoms with van der Waals surface area (Å²) in [6.45, 7) is 0.518. The van der Waals surface area contributed by atoms with E-state index < -0.39 is 46.1 Å². The van der Waals surface area contributed by atoms with E-state index in [2.05, 4.69) is 5.32 Å². The lowest BCUT2D eigenvalue weighted by Crippen LogP contribution is -2.53. The van der Waals surface area contributed by atoms with Gasteiger partial charge in [-0.1, -0.05) is 67.3 Å². The van der Waals surface area contributed by atoms with Crippen LogP contribution in [0.5, 0.6) is 0 Å². The summed E-state index contributed by atoms with van der Waals surface area (Å²) in [5, 5.41) is 2.66. The van der Waals surface area contributed by atoms with Gasteiger partial charge in [0.25, 0.3) is 10.0 Å². The van der Waals surface area contributed by atoms with Crippen molar-refractivity contribution in [1.29, 1.82) is 0 Å². The van der Waals surface area contributed by atoms with Crippen LogP contribution in [0.1, 0.15) is 44.6 Å². The van der Waals surface area contributed by atoms with Crippen LogP contribution in [0.25, 0.3) is 0 Å². The van der Waals surface area contributed by atoms with Crippen LogP contribution in [0.4, 0.5) is 14.5 Å². The fourth-order valence-corrected chi connectivity index (χ4v) is 6.45. The summed E-state index contributed by atoms with van der Waals surface area (Å²) in [6.07, 6.45) is 4.73. The number of carbonyl (C=O) groups excluding carboxylic acids is 2. The number of hydrogen-bond donors (Lipinski definition) is 1. The Bertz CT molecular complexity index is 1480. The van der Waals surface area contributed by atoms with Crippen LogP contribution in [0, 0.1) is 11.6 Å². The molecule has 218 valence electrons. The number of amides is 2. The van der Waals surface area contributed by atoms with Crippen molar-refractivity contribution in [3.63, 3.8) is 0 Å². The Kier molecular flexibility index (Phi) is 9.99. The first-order chi connectivity index (χ1) is 19.6. The first kappa shape index (κ1) is 30.5. The van der Waals surface area contributed by atoms with Crippen molar-refractivity contribution in [1.82, 2.24) is 10.2 Å². The molecule has 1 aliphatic rings. The molecule has 1 saturated carbocycles. The van der Waals surface area contributed by atoms with E-state index in [1.807, 2.05) is 0 Å². The van der Waals surface area contributed by atoms with Gasteiger partial charge in [-0.25, -0.2) is 17.2 Å². The predicted molar refractivity (Wildman–Crippen MR) is 154 cm³/mol. The van der Waals surface area contributed by atoms with Gasteiger partial charge in [-0.3, -0.25) is 13.9 Å². The Morgan fingerprint density at radius 1 is 0.951 bits per heavy atom. The van der Waals surface area contributed by atoms with Gasteiger partial charge in [-0.05, 0) is 56.2 Å². The summed E-state index contributed by atoms with van der Waals surface area (Å²) in [4.78, 5) is 28.3. The Labute approximate surface area is 244 Å². The van der Waals surface area contributed by atoms with E-state index in [9.17, 15) is 26.8 Å². The summed E-state index contributed by atoms with van der Waals surface area (Å²) in [7, 11) is -4.33. The number of rotatable bonds is 10. The lowest BCUT2D eigenvalue weighted by Gasteiger charge is -2.33. The van der Waals surface area contributed by atoms with Crippen molar-refractivity contribution >= 4 is 39.1 Å². The zero-order chi connectivity index (χ0) is 29.6. The summed E-state index contributed by atoms with van der Waals surface area (Å²) < 4.78 is 57.0. The van der Waals surface area contributed by atoms with Crippen LogP contribution in [0.2, 0.25) is 5.02 Å². The lowest BCUT2D eigenvalue weighted by atomic mass is 9.95. The van der Waals surface area contributed by atoms with Crippen LogP contribution in [0.15, 0.2) is 77.7 Å². The second-order valence-electron chi connectivity index (χ2n) is 10.1. The van der Waals surface area contributed by atoms with Crippen molar-refractivity contribution in [3.8, 4) is 0 Å². The number of carbonyl (C=O) groups is 2. The molecule has 3 aromatic rings. The maximum absolute atomic E-state index is 14.7. The summed E-state index contributed by atoms with van der Waals surface area (Å²) in [5.41, 5.74) is 0.124. The van der Waals surface area contributed by atoms with E-state index in [0.717, 1.165) is 53.4 Å². The minimum absolute atomic E-state index is 0.0274. The first-order valence-corrected chi connectivity index (χ1v) is 15.3. The average molecular weight is 604 g/mol. The SMILES string of the molecule is CC(C(=O)NC1CCCCC1)N(Cc1ccccc1F)C(=O)CN(c1ccc(F)c(Cl)c1)S(=O)(=O)c1ccccc1. The van der Waals surface area contributed by atoms with Gasteiger partial charge < -0.3 is 10.2 Å². The molecule has 4 rings (SSSR count). The highest BCUT2D eigenvalue weighted by Gasteiger charge is 2.33. The van der Waals surface area contributed by atoms with Gasteiger partial charge in [-0.15, -0.1) is 0 Å². The van der Waals surface area contributed by atoms with Gasteiger partial charge in [0.1, 0.15) is 24.2 Å². The highest BCUT2D eigenvalue weighted by Crippen LogP contribution is 2.28. The molecule has 1 atom stereocenters. The molecule has 1 N–H and O–H groups in total.